The number of carbonyl (C=O) groups is 1. The van der Waals surface area contributed by atoms with Crippen molar-refractivity contribution in [2.45, 2.75) is 44.9 Å². The van der Waals surface area contributed by atoms with Crippen LogP contribution in [0.5, 0.6) is 0 Å². The first-order valence-electron chi connectivity index (χ1n) is 8.25. The molecule has 1 aliphatic heterocycles. The average Bonchev–Trinajstić information content (AvgIpc) is 2.45. The summed E-state index contributed by atoms with van der Waals surface area (Å²) in [4.78, 5) is 11.9. The fourth-order valence-corrected chi connectivity index (χ4v) is 3.33. The van der Waals surface area contributed by atoms with Crippen LogP contribution in [0.2, 0.25) is 0 Å². The van der Waals surface area contributed by atoms with Crippen molar-refractivity contribution < 1.29 is 42.7 Å². The van der Waals surface area contributed by atoms with Crippen molar-refractivity contribution >= 4 is 5.97 Å². The topological polar surface area (TPSA) is 35.5 Å². The van der Waals surface area contributed by atoms with Gasteiger partial charge in [0, 0.05) is 0 Å². The fraction of sp³-hybridized carbons (Fsp3) is 0.938. The second kappa shape index (κ2) is 10.0. The summed E-state index contributed by atoms with van der Waals surface area (Å²) in [6, 6.07) is 0. The van der Waals surface area contributed by atoms with E-state index in [1.807, 2.05) is 0 Å². The van der Waals surface area contributed by atoms with E-state index in [2.05, 4.69) is 7.05 Å². The molecule has 0 unspecified atom stereocenters. The highest BCUT2D eigenvalue weighted by Crippen LogP contribution is 2.27. The molecule has 0 spiro atoms. The molecule has 21 heavy (non-hydrogen) atoms. The molecule has 0 aromatic carbocycles. The number of hydrogen-bond acceptors (Lipinski definition) is 3. The molecule has 0 aromatic heterocycles. The van der Waals surface area contributed by atoms with Crippen LogP contribution in [0.15, 0.2) is 0 Å². The van der Waals surface area contributed by atoms with Crippen molar-refractivity contribution in [2.75, 3.05) is 46.5 Å². The number of likely N-dealkylation sites (N-methyl/N-ethyl adjacent to an activating group) is 1. The van der Waals surface area contributed by atoms with Crippen LogP contribution >= 0.6 is 0 Å². The van der Waals surface area contributed by atoms with Crippen molar-refractivity contribution in [2.24, 2.45) is 5.92 Å². The number of esters is 1. The number of halogens is 1. The number of hydrogen-bond donors (Lipinski definition) is 0. The quantitative estimate of drug-likeness (QED) is 0.253. The minimum atomic E-state index is -0.0435. The molecule has 0 atom stereocenters. The average molecular weight is 411 g/mol. The molecule has 2 rings (SSSR count). The molecule has 2 fully saturated rings. The normalized spacial score (nSPS) is 22.3. The summed E-state index contributed by atoms with van der Waals surface area (Å²) in [5, 5.41) is 0. The van der Waals surface area contributed by atoms with Gasteiger partial charge in [0.25, 0.3) is 0 Å². The molecular formula is C16H30INO3. The molecule has 1 saturated heterocycles. The summed E-state index contributed by atoms with van der Waals surface area (Å²) < 4.78 is 11.5. The molecule has 0 N–H and O–H groups in total. The van der Waals surface area contributed by atoms with E-state index >= 15 is 0 Å². The van der Waals surface area contributed by atoms with Crippen LogP contribution in [-0.2, 0) is 14.3 Å². The van der Waals surface area contributed by atoms with Crippen LogP contribution in [0, 0.1) is 5.92 Å². The lowest BCUT2D eigenvalue weighted by molar-refractivity contribution is -0.910. The van der Waals surface area contributed by atoms with Crippen LogP contribution in [0.4, 0.5) is 0 Å². The second-order valence-electron chi connectivity index (χ2n) is 6.70. The van der Waals surface area contributed by atoms with E-state index in [1.54, 1.807) is 0 Å². The second-order valence-corrected chi connectivity index (χ2v) is 6.70. The van der Waals surface area contributed by atoms with E-state index in [4.69, 9.17) is 9.47 Å². The predicted octanol–water partition coefficient (Wildman–Crippen LogP) is -0.629. The first-order chi connectivity index (χ1) is 9.68. The molecule has 1 aliphatic carbocycles. The van der Waals surface area contributed by atoms with Crippen molar-refractivity contribution in [1.29, 1.82) is 0 Å². The van der Waals surface area contributed by atoms with Gasteiger partial charge in [-0.3, -0.25) is 0 Å². The predicted molar refractivity (Wildman–Crippen MR) is 78.4 cm³/mol. The summed E-state index contributed by atoms with van der Waals surface area (Å²) in [5.74, 6) is 0.837. The van der Waals surface area contributed by atoms with Gasteiger partial charge in [-0.05, 0) is 18.8 Å². The minimum Gasteiger partial charge on any atom is -1.00 e. The highest BCUT2D eigenvalue weighted by Gasteiger charge is 2.28. The maximum atomic E-state index is 11.9. The van der Waals surface area contributed by atoms with Gasteiger partial charge in [-0.25, -0.2) is 4.79 Å². The van der Waals surface area contributed by atoms with Gasteiger partial charge in [0.1, 0.15) is 13.1 Å². The van der Waals surface area contributed by atoms with E-state index in [1.165, 1.54) is 38.5 Å². The third-order valence-corrected chi connectivity index (χ3v) is 4.81. The van der Waals surface area contributed by atoms with Gasteiger partial charge in [0.2, 0.25) is 0 Å². The molecule has 0 radical (unpaired) electrons. The highest BCUT2D eigenvalue weighted by molar-refractivity contribution is 5.70. The van der Waals surface area contributed by atoms with Crippen LogP contribution in [-0.4, -0.2) is 57.0 Å². The summed E-state index contributed by atoms with van der Waals surface area (Å²) in [7, 11) is 2.12. The van der Waals surface area contributed by atoms with Gasteiger partial charge in [0.15, 0.2) is 6.54 Å². The molecule has 1 heterocycles. The maximum Gasteiger partial charge on any atom is 0.361 e. The molecule has 0 bridgehead atoms. The lowest BCUT2D eigenvalue weighted by Gasteiger charge is -2.36. The van der Waals surface area contributed by atoms with Gasteiger partial charge >= 0.3 is 5.97 Å². The van der Waals surface area contributed by atoms with Crippen LogP contribution in [0.1, 0.15) is 44.9 Å². The zero-order valence-electron chi connectivity index (χ0n) is 13.3. The zero-order chi connectivity index (χ0) is 14.3. The Hall–Kier alpha value is 0.120. The molecule has 1 saturated carbocycles. The number of ether oxygens (including phenoxy) is 2. The summed E-state index contributed by atoms with van der Waals surface area (Å²) >= 11 is 0. The van der Waals surface area contributed by atoms with Crippen molar-refractivity contribution in [3.8, 4) is 0 Å². The van der Waals surface area contributed by atoms with Crippen LogP contribution in [0.25, 0.3) is 0 Å². The van der Waals surface area contributed by atoms with E-state index in [0.29, 0.717) is 13.2 Å². The zero-order valence-corrected chi connectivity index (χ0v) is 15.5. The Kier molecular flexibility index (Phi) is 9.13. The third-order valence-electron chi connectivity index (χ3n) is 4.81. The van der Waals surface area contributed by atoms with Crippen molar-refractivity contribution in [3.63, 3.8) is 0 Å². The molecule has 2 aliphatic rings. The fourth-order valence-electron chi connectivity index (χ4n) is 3.33. The van der Waals surface area contributed by atoms with Crippen LogP contribution < -0.4 is 24.0 Å². The standard InChI is InChI=1S/C16H30NO3.HI/c1-17(9-12-19-13-10-17)14-16(18)20-11-5-8-15-6-3-2-4-7-15;/h15H,2-14H2,1H3;1H/q+1;/p-1. The van der Waals surface area contributed by atoms with E-state index < -0.39 is 0 Å². The summed E-state index contributed by atoms with van der Waals surface area (Å²) in [6.07, 6.45) is 9.21. The Morgan fingerprint density at radius 2 is 1.86 bits per heavy atom. The SMILES string of the molecule is C[N+]1(CC(=O)OCCCC2CCCCC2)CCOCC1.[I-]. The Balaban J connectivity index is 0.00000220. The Bertz CT molecular complexity index is 300. The largest absolute Gasteiger partial charge is 1.00 e. The molecule has 5 heteroatoms. The minimum absolute atomic E-state index is 0. The first-order valence-corrected chi connectivity index (χ1v) is 8.25. The van der Waals surface area contributed by atoms with Crippen molar-refractivity contribution in [1.82, 2.24) is 0 Å². The summed E-state index contributed by atoms with van der Waals surface area (Å²) in [6.45, 7) is 4.43. The number of morpholine rings is 1. The van der Waals surface area contributed by atoms with Gasteiger partial charge in [0.05, 0.1) is 26.9 Å². The molecule has 0 aromatic rings. The van der Waals surface area contributed by atoms with E-state index in [-0.39, 0.29) is 29.9 Å². The maximum absolute atomic E-state index is 11.9. The Labute approximate surface area is 146 Å². The van der Waals surface area contributed by atoms with Crippen LogP contribution in [0.3, 0.4) is 0 Å². The molecule has 4 nitrogen and oxygen atoms in total. The highest BCUT2D eigenvalue weighted by atomic mass is 127. The van der Waals surface area contributed by atoms with Gasteiger partial charge in [-0.15, -0.1) is 0 Å². The lowest BCUT2D eigenvalue weighted by atomic mass is 9.86. The number of carbonyl (C=O) groups excluding carboxylic acids is 1. The lowest BCUT2D eigenvalue weighted by Crippen LogP contribution is -3.00. The van der Waals surface area contributed by atoms with E-state index in [0.717, 1.165) is 43.1 Å². The molecule has 0 amide bonds. The monoisotopic (exact) mass is 411 g/mol. The first kappa shape index (κ1) is 19.2. The Morgan fingerprint density at radius 3 is 2.52 bits per heavy atom. The van der Waals surface area contributed by atoms with Gasteiger partial charge in [-0.2, -0.15) is 0 Å². The van der Waals surface area contributed by atoms with Gasteiger partial charge in [-0.1, -0.05) is 32.1 Å². The smallest absolute Gasteiger partial charge is 0.361 e. The Morgan fingerprint density at radius 1 is 1.19 bits per heavy atom. The van der Waals surface area contributed by atoms with Gasteiger partial charge < -0.3 is 37.9 Å². The number of nitrogens with zero attached hydrogens (tertiary/aromatic N) is 1. The number of quaternary nitrogens is 1. The van der Waals surface area contributed by atoms with E-state index in [9.17, 15) is 4.79 Å². The molecular weight excluding hydrogens is 381 g/mol. The molecule has 124 valence electrons. The summed E-state index contributed by atoms with van der Waals surface area (Å²) in [5.41, 5.74) is 0. The number of rotatable bonds is 6. The third kappa shape index (κ3) is 7.28. The van der Waals surface area contributed by atoms with Crippen molar-refractivity contribution in [3.05, 3.63) is 0 Å².